The number of ketones is 1. The fourth-order valence-corrected chi connectivity index (χ4v) is 2.40. The highest BCUT2D eigenvalue weighted by molar-refractivity contribution is 6.11. The Kier molecular flexibility index (Phi) is 7.95. The van der Waals surface area contributed by atoms with E-state index in [0.29, 0.717) is 16.9 Å². The molecule has 0 spiro atoms. The van der Waals surface area contributed by atoms with Gasteiger partial charge < -0.3 is 9.47 Å². The minimum absolute atomic E-state index is 0.263. The first-order valence-corrected chi connectivity index (χ1v) is 9.35. The van der Waals surface area contributed by atoms with Crippen molar-refractivity contribution in [1.29, 1.82) is 0 Å². The quantitative estimate of drug-likeness (QED) is 0.252. The summed E-state index contributed by atoms with van der Waals surface area (Å²) >= 11 is 0. The molecule has 152 valence electrons. The van der Waals surface area contributed by atoms with Gasteiger partial charge in [-0.25, -0.2) is 0 Å². The molecule has 3 heteroatoms. The third-order valence-electron chi connectivity index (χ3n) is 4.28. The first-order chi connectivity index (χ1) is 14.3. The third-order valence-corrected chi connectivity index (χ3v) is 4.28. The number of allylic oxidation sites excluding steroid dienone is 7. The molecule has 0 fully saturated rings. The van der Waals surface area contributed by atoms with E-state index in [2.05, 4.69) is 26.3 Å². The van der Waals surface area contributed by atoms with E-state index in [4.69, 9.17) is 9.47 Å². The maximum atomic E-state index is 12.3. The highest BCUT2D eigenvalue weighted by atomic mass is 16.5. The Bertz CT molecular complexity index is 1020. The lowest BCUT2D eigenvalue weighted by atomic mass is 10.0. The molecule has 2 rings (SSSR count). The monoisotopic (exact) mass is 398 g/mol. The number of ether oxygens (including phenoxy) is 2. The summed E-state index contributed by atoms with van der Waals surface area (Å²) in [6, 6.07) is 15.5. The molecule has 0 unspecified atom stereocenters. The summed E-state index contributed by atoms with van der Waals surface area (Å²) in [5.41, 5.74) is 3.46. The van der Waals surface area contributed by atoms with Crippen LogP contribution in [-0.2, 0) is 9.53 Å². The molecule has 2 aromatic rings. The van der Waals surface area contributed by atoms with Crippen LogP contribution in [0.1, 0.15) is 11.1 Å². The number of carbonyl (C=O) groups excluding carboxylic acids is 1. The van der Waals surface area contributed by atoms with Crippen molar-refractivity contribution in [2.45, 2.75) is 6.92 Å². The van der Waals surface area contributed by atoms with Gasteiger partial charge in [0, 0.05) is 11.1 Å². The number of carbonyl (C=O) groups is 1. The maximum Gasteiger partial charge on any atom is 0.191 e. The Morgan fingerprint density at radius 3 is 1.80 bits per heavy atom. The largest absolute Gasteiger partial charge is 0.497 e. The zero-order chi connectivity index (χ0) is 22.1. The zero-order valence-electron chi connectivity index (χ0n) is 17.5. The zero-order valence-corrected chi connectivity index (χ0v) is 17.5. The van der Waals surface area contributed by atoms with Gasteiger partial charge in [-0.1, -0.05) is 68.3 Å². The van der Waals surface area contributed by atoms with Crippen LogP contribution in [-0.4, -0.2) is 12.9 Å². The number of benzene rings is 2. The molecule has 0 aliphatic carbocycles. The average Bonchev–Trinajstić information content (AvgIpc) is 2.76. The van der Waals surface area contributed by atoms with Crippen LogP contribution in [0, 0.1) is 6.92 Å². The Morgan fingerprint density at radius 1 is 0.767 bits per heavy atom. The summed E-state index contributed by atoms with van der Waals surface area (Å²) in [5, 5.41) is 0. The van der Waals surface area contributed by atoms with Crippen molar-refractivity contribution in [1.82, 2.24) is 0 Å². The summed E-state index contributed by atoms with van der Waals surface area (Å²) in [6.07, 6.45) is 6.51. The molecule has 0 aromatic heterocycles. The van der Waals surface area contributed by atoms with Gasteiger partial charge in [0.1, 0.15) is 17.3 Å². The highest BCUT2D eigenvalue weighted by Crippen LogP contribution is 2.24. The molecule has 0 N–H and O–H groups in total. The summed E-state index contributed by atoms with van der Waals surface area (Å²) < 4.78 is 10.8. The van der Waals surface area contributed by atoms with E-state index >= 15 is 0 Å². The van der Waals surface area contributed by atoms with Gasteiger partial charge in [0.15, 0.2) is 5.78 Å². The Labute approximate surface area is 178 Å². The number of hydrogen-bond acceptors (Lipinski definition) is 3. The Morgan fingerprint density at radius 2 is 1.27 bits per heavy atom. The SMILES string of the molecule is C=C(/C=C\C(=C)C(=O)C(=C)/C=C\C(=C)c1ccc(Oc2ccc(C)cc2)cc1)OC. The topological polar surface area (TPSA) is 35.5 Å². The molecule has 0 amide bonds. The van der Waals surface area contributed by atoms with Crippen LogP contribution in [0.2, 0.25) is 0 Å². The van der Waals surface area contributed by atoms with E-state index in [1.54, 1.807) is 24.3 Å². The van der Waals surface area contributed by atoms with Gasteiger partial charge >= 0.3 is 0 Å². The van der Waals surface area contributed by atoms with Crippen LogP contribution in [0.15, 0.2) is 116 Å². The van der Waals surface area contributed by atoms with Crippen molar-refractivity contribution in [2.24, 2.45) is 0 Å². The van der Waals surface area contributed by atoms with Gasteiger partial charge in [0.2, 0.25) is 0 Å². The summed E-state index contributed by atoms with van der Waals surface area (Å²) in [4.78, 5) is 12.3. The lowest BCUT2D eigenvalue weighted by Crippen LogP contribution is -2.00. The minimum atomic E-state index is -0.263. The third kappa shape index (κ3) is 6.64. The number of rotatable bonds is 10. The van der Waals surface area contributed by atoms with Crippen molar-refractivity contribution < 1.29 is 14.3 Å². The van der Waals surface area contributed by atoms with E-state index in [1.165, 1.54) is 12.7 Å². The molecular weight excluding hydrogens is 372 g/mol. The molecule has 30 heavy (non-hydrogen) atoms. The van der Waals surface area contributed by atoms with Crippen LogP contribution < -0.4 is 4.74 Å². The van der Waals surface area contributed by atoms with Crippen LogP contribution in [0.3, 0.4) is 0 Å². The van der Waals surface area contributed by atoms with Crippen LogP contribution in [0.25, 0.3) is 5.57 Å². The first kappa shape index (κ1) is 22.4. The fourth-order valence-electron chi connectivity index (χ4n) is 2.40. The van der Waals surface area contributed by atoms with Crippen molar-refractivity contribution in [3.63, 3.8) is 0 Å². The number of Topliss-reactive ketones (excluding diaryl/α,β-unsaturated/α-hetero) is 1. The molecule has 0 saturated heterocycles. The van der Waals surface area contributed by atoms with Crippen molar-refractivity contribution in [3.05, 3.63) is 127 Å². The van der Waals surface area contributed by atoms with Gasteiger partial charge in [-0.15, -0.1) is 0 Å². The van der Waals surface area contributed by atoms with Gasteiger partial charge in [0.25, 0.3) is 0 Å². The van der Waals surface area contributed by atoms with E-state index in [1.807, 2.05) is 55.5 Å². The molecule has 0 aliphatic rings. The Balaban J connectivity index is 1.96. The van der Waals surface area contributed by atoms with Gasteiger partial charge in [-0.3, -0.25) is 4.79 Å². The first-order valence-electron chi connectivity index (χ1n) is 9.35. The molecule has 0 saturated carbocycles. The predicted octanol–water partition coefficient (Wildman–Crippen LogP) is 6.75. The van der Waals surface area contributed by atoms with Gasteiger partial charge in [-0.2, -0.15) is 0 Å². The second-order valence-electron chi connectivity index (χ2n) is 6.68. The number of aryl methyl sites for hydroxylation is 1. The summed E-state index contributed by atoms with van der Waals surface area (Å²) in [7, 11) is 1.51. The molecule has 0 bridgehead atoms. The normalized spacial score (nSPS) is 10.7. The molecule has 0 radical (unpaired) electrons. The molecule has 3 nitrogen and oxygen atoms in total. The van der Waals surface area contributed by atoms with E-state index < -0.39 is 0 Å². The second-order valence-corrected chi connectivity index (χ2v) is 6.68. The average molecular weight is 399 g/mol. The molecule has 0 aliphatic heterocycles. The number of methoxy groups -OCH3 is 1. The van der Waals surface area contributed by atoms with Crippen LogP contribution in [0.5, 0.6) is 11.5 Å². The number of hydrogen-bond donors (Lipinski definition) is 0. The molecular formula is C27H26O3. The fraction of sp³-hybridized carbons (Fsp3) is 0.0741. The second kappa shape index (κ2) is 10.6. The van der Waals surface area contributed by atoms with Crippen LogP contribution >= 0.6 is 0 Å². The minimum Gasteiger partial charge on any atom is -0.497 e. The Hall–Kier alpha value is -3.85. The van der Waals surface area contributed by atoms with Gasteiger partial charge in [0.05, 0.1) is 7.11 Å². The summed E-state index contributed by atoms with van der Waals surface area (Å²) in [5.74, 6) is 1.69. The maximum absolute atomic E-state index is 12.3. The molecule has 2 aromatic carbocycles. The van der Waals surface area contributed by atoms with Crippen molar-refractivity contribution >= 4 is 11.4 Å². The van der Waals surface area contributed by atoms with Crippen LogP contribution in [0.4, 0.5) is 0 Å². The predicted molar refractivity (Wildman–Crippen MR) is 124 cm³/mol. The van der Waals surface area contributed by atoms with E-state index in [-0.39, 0.29) is 5.78 Å². The smallest absolute Gasteiger partial charge is 0.191 e. The van der Waals surface area contributed by atoms with Crippen molar-refractivity contribution in [3.8, 4) is 11.5 Å². The molecule has 0 atom stereocenters. The highest BCUT2D eigenvalue weighted by Gasteiger charge is 2.07. The van der Waals surface area contributed by atoms with E-state index in [9.17, 15) is 4.79 Å². The van der Waals surface area contributed by atoms with Crippen molar-refractivity contribution in [2.75, 3.05) is 7.11 Å². The lowest BCUT2D eigenvalue weighted by Gasteiger charge is -2.07. The van der Waals surface area contributed by atoms with Gasteiger partial charge in [-0.05, 0) is 54.5 Å². The summed E-state index contributed by atoms with van der Waals surface area (Å²) in [6.45, 7) is 17.3. The lowest BCUT2D eigenvalue weighted by molar-refractivity contribution is -0.111. The van der Waals surface area contributed by atoms with E-state index in [0.717, 1.165) is 22.6 Å². The standard InChI is InChI=1S/C27H26O3/c1-19-7-15-25(16-8-19)30-26-17-13-24(14-18-26)20(2)9-10-21(3)27(28)22(4)11-12-23(5)29-6/h7-18H,2-5H2,1,6H3/b10-9-,12-11-. The molecule has 0 heterocycles.